The number of allylic oxidation sites excluding steroid dienone is 1. The highest BCUT2D eigenvalue weighted by Crippen LogP contribution is 2.35. The number of hydrogen-bond acceptors (Lipinski definition) is 4. The maximum atomic E-state index is 12.2. The van der Waals surface area contributed by atoms with E-state index in [1.807, 2.05) is 20.8 Å². The molecule has 0 aromatic heterocycles. The zero-order valence-electron chi connectivity index (χ0n) is 13.6. The fraction of sp³-hybridized carbons (Fsp3) is 0.765. The molecular formula is C17H28O4. The standard InChI is InChI=1S/C17H28O4/c1-4-6-11-20-16(18)15(13(3)14-9-8-10-14)17(19)21-12-7-5-2/h14H,4-12H2,1-3H3. The molecule has 0 bridgehead atoms. The molecular weight excluding hydrogens is 268 g/mol. The number of unbranched alkanes of at least 4 members (excludes halogenated alkanes) is 2. The van der Waals surface area contributed by atoms with E-state index in [9.17, 15) is 9.59 Å². The summed E-state index contributed by atoms with van der Waals surface area (Å²) in [4.78, 5) is 24.4. The van der Waals surface area contributed by atoms with Crippen LogP contribution in [-0.2, 0) is 19.1 Å². The largest absolute Gasteiger partial charge is 0.462 e. The Morgan fingerprint density at radius 1 is 0.952 bits per heavy atom. The lowest BCUT2D eigenvalue weighted by Gasteiger charge is -2.27. The van der Waals surface area contributed by atoms with E-state index in [1.54, 1.807) is 0 Å². The molecule has 0 aliphatic heterocycles. The van der Waals surface area contributed by atoms with Crippen LogP contribution < -0.4 is 0 Å². The van der Waals surface area contributed by atoms with Crippen LogP contribution in [0.4, 0.5) is 0 Å². The molecule has 0 atom stereocenters. The normalized spacial score (nSPS) is 14.2. The summed E-state index contributed by atoms with van der Waals surface area (Å²) in [5.41, 5.74) is 0.969. The summed E-state index contributed by atoms with van der Waals surface area (Å²) >= 11 is 0. The second-order valence-electron chi connectivity index (χ2n) is 5.66. The van der Waals surface area contributed by atoms with E-state index < -0.39 is 11.9 Å². The highest BCUT2D eigenvalue weighted by Gasteiger charge is 2.30. The maximum absolute atomic E-state index is 12.2. The zero-order valence-corrected chi connectivity index (χ0v) is 13.6. The van der Waals surface area contributed by atoms with Gasteiger partial charge in [-0.3, -0.25) is 0 Å². The lowest BCUT2D eigenvalue weighted by molar-refractivity contribution is -0.147. The third-order valence-electron chi connectivity index (χ3n) is 3.98. The Morgan fingerprint density at radius 2 is 1.43 bits per heavy atom. The molecule has 0 aromatic rings. The third-order valence-corrected chi connectivity index (χ3v) is 3.98. The Labute approximate surface area is 127 Å². The molecule has 4 nitrogen and oxygen atoms in total. The molecule has 0 spiro atoms. The topological polar surface area (TPSA) is 52.6 Å². The number of ether oxygens (including phenoxy) is 2. The smallest absolute Gasteiger partial charge is 0.345 e. The van der Waals surface area contributed by atoms with Gasteiger partial charge in [-0.25, -0.2) is 9.59 Å². The van der Waals surface area contributed by atoms with Crippen molar-refractivity contribution in [1.82, 2.24) is 0 Å². The molecule has 0 N–H and O–H groups in total. The van der Waals surface area contributed by atoms with Gasteiger partial charge < -0.3 is 9.47 Å². The second-order valence-corrected chi connectivity index (χ2v) is 5.66. The Hall–Kier alpha value is -1.32. The van der Waals surface area contributed by atoms with Crippen LogP contribution in [0.2, 0.25) is 0 Å². The molecule has 0 heterocycles. The Bertz CT molecular complexity index is 356. The first-order valence-electron chi connectivity index (χ1n) is 8.16. The summed E-state index contributed by atoms with van der Waals surface area (Å²) in [6.07, 6.45) is 6.77. The van der Waals surface area contributed by atoms with E-state index >= 15 is 0 Å². The summed E-state index contributed by atoms with van der Waals surface area (Å²) in [5.74, 6) is -0.707. The van der Waals surface area contributed by atoms with Gasteiger partial charge in [-0.2, -0.15) is 0 Å². The van der Waals surface area contributed by atoms with Crippen LogP contribution in [0.1, 0.15) is 65.7 Å². The molecule has 1 aliphatic carbocycles. The van der Waals surface area contributed by atoms with Crippen LogP contribution in [-0.4, -0.2) is 25.2 Å². The summed E-state index contributed by atoms with van der Waals surface area (Å²) in [6.45, 7) is 6.64. The Morgan fingerprint density at radius 3 is 1.76 bits per heavy atom. The van der Waals surface area contributed by atoms with Crippen LogP contribution in [0.3, 0.4) is 0 Å². The Balaban J connectivity index is 2.73. The Kier molecular flexibility index (Phi) is 8.09. The van der Waals surface area contributed by atoms with Crippen molar-refractivity contribution in [2.45, 2.75) is 65.7 Å². The molecule has 120 valence electrons. The highest BCUT2D eigenvalue weighted by atomic mass is 16.6. The molecule has 1 fully saturated rings. The van der Waals surface area contributed by atoms with Crippen molar-refractivity contribution in [3.05, 3.63) is 11.1 Å². The molecule has 0 radical (unpaired) electrons. The predicted molar refractivity (Wildman–Crippen MR) is 81.8 cm³/mol. The maximum Gasteiger partial charge on any atom is 0.345 e. The molecule has 1 saturated carbocycles. The van der Waals surface area contributed by atoms with Crippen molar-refractivity contribution >= 4 is 11.9 Å². The van der Waals surface area contributed by atoms with E-state index in [0.29, 0.717) is 19.1 Å². The summed E-state index contributed by atoms with van der Waals surface area (Å²) in [7, 11) is 0. The van der Waals surface area contributed by atoms with Crippen molar-refractivity contribution in [1.29, 1.82) is 0 Å². The number of hydrogen-bond donors (Lipinski definition) is 0. The van der Waals surface area contributed by atoms with Gasteiger partial charge in [0, 0.05) is 0 Å². The quantitative estimate of drug-likeness (QED) is 0.213. The molecule has 4 heteroatoms. The molecule has 0 aromatic carbocycles. The van der Waals surface area contributed by atoms with Crippen molar-refractivity contribution in [3.63, 3.8) is 0 Å². The predicted octanol–water partition coefficient (Wildman–Crippen LogP) is 3.79. The van der Waals surface area contributed by atoms with Crippen molar-refractivity contribution < 1.29 is 19.1 Å². The average Bonchev–Trinajstić information content (AvgIpc) is 2.37. The number of esters is 2. The first-order chi connectivity index (χ1) is 10.1. The van der Waals surface area contributed by atoms with Crippen LogP contribution >= 0.6 is 0 Å². The zero-order chi connectivity index (χ0) is 15.7. The van der Waals surface area contributed by atoms with Crippen molar-refractivity contribution in [2.24, 2.45) is 5.92 Å². The number of carbonyl (C=O) groups is 2. The number of carbonyl (C=O) groups excluding carboxylic acids is 2. The SMILES string of the molecule is CCCCOC(=O)C(C(=O)OCCCC)=C(C)C1CCC1. The summed E-state index contributed by atoms with van der Waals surface area (Å²) in [5, 5.41) is 0. The van der Waals surface area contributed by atoms with Gasteiger partial charge in [-0.1, -0.05) is 33.1 Å². The summed E-state index contributed by atoms with van der Waals surface area (Å²) in [6, 6.07) is 0. The molecule has 0 amide bonds. The van der Waals surface area contributed by atoms with Crippen LogP contribution in [0.5, 0.6) is 0 Å². The minimum Gasteiger partial charge on any atom is -0.462 e. The van der Waals surface area contributed by atoms with E-state index in [4.69, 9.17) is 9.47 Å². The van der Waals surface area contributed by atoms with Gasteiger partial charge in [0.1, 0.15) is 5.57 Å². The average molecular weight is 296 g/mol. The lowest BCUT2D eigenvalue weighted by Crippen LogP contribution is -2.24. The molecule has 0 unspecified atom stereocenters. The highest BCUT2D eigenvalue weighted by molar-refractivity contribution is 6.14. The minimum atomic E-state index is -0.519. The van der Waals surface area contributed by atoms with E-state index in [1.165, 1.54) is 0 Å². The van der Waals surface area contributed by atoms with E-state index in [2.05, 4.69) is 0 Å². The fourth-order valence-corrected chi connectivity index (χ4v) is 2.21. The fourth-order valence-electron chi connectivity index (χ4n) is 2.21. The molecule has 1 rings (SSSR count). The van der Waals surface area contributed by atoms with Gasteiger partial charge >= 0.3 is 11.9 Å². The molecule has 1 aliphatic rings. The van der Waals surface area contributed by atoms with Crippen LogP contribution in [0, 0.1) is 5.92 Å². The first kappa shape index (κ1) is 17.7. The van der Waals surface area contributed by atoms with Gasteiger partial charge in [0.25, 0.3) is 0 Å². The van der Waals surface area contributed by atoms with Crippen molar-refractivity contribution in [2.75, 3.05) is 13.2 Å². The second kappa shape index (κ2) is 9.59. The molecule has 21 heavy (non-hydrogen) atoms. The number of rotatable bonds is 9. The van der Waals surface area contributed by atoms with Crippen LogP contribution in [0.15, 0.2) is 11.1 Å². The van der Waals surface area contributed by atoms with Crippen molar-refractivity contribution in [3.8, 4) is 0 Å². The molecule has 0 saturated heterocycles. The first-order valence-corrected chi connectivity index (χ1v) is 8.16. The van der Waals surface area contributed by atoms with Gasteiger partial charge in [-0.05, 0) is 44.1 Å². The monoisotopic (exact) mass is 296 g/mol. The van der Waals surface area contributed by atoms with Gasteiger partial charge in [0.15, 0.2) is 0 Å². The van der Waals surface area contributed by atoms with Gasteiger partial charge in [0.05, 0.1) is 13.2 Å². The third kappa shape index (κ3) is 5.52. The van der Waals surface area contributed by atoms with Gasteiger partial charge in [0.2, 0.25) is 0 Å². The van der Waals surface area contributed by atoms with E-state index in [0.717, 1.165) is 50.5 Å². The minimum absolute atomic E-state index is 0.131. The van der Waals surface area contributed by atoms with Crippen LogP contribution in [0.25, 0.3) is 0 Å². The summed E-state index contributed by atoms with van der Waals surface area (Å²) < 4.78 is 10.4. The van der Waals surface area contributed by atoms with E-state index in [-0.39, 0.29) is 5.57 Å². The lowest BCUT2D eigenvalue weighted by atomic mass is 9.78. The van der Waals surface area contributed by atoms with Gasteiger partial charge in [-0.15, -0.1) is 0 Å².